The fourth-order valence-electron chi connectivity index (χ4n) is 2.72. The molecule has 4 rings (SSSR count). The highest BCUT2D eigenvalue weighted by Crippen LogP contribution is 2.22. The second-order valence-corrected chi connectivity index (χ2v) is 7.40. The van der Waals surface area contributed by atoms with Crippen molar-refractivity contribution in [3.63, 3.8) is 0 Å². The molecule has 0 spiro atoms. The molecule has 0 amide bonds. The summed E-state index contributed by atoms with van der Waals surface area (Å²) in [5, 5.41) is 17.8. The molecule has 4 aromatic rings. The minimum Gasteiger partial charge on any atom is -0.272 e. The summed E-state index contributed by atoms with van der Waals surface area (Å²) in [5.41, 5.74) is 1.10. The number of halogens is 1. The highest BCUT2D eigenvalue weighted by molar-refractivity contribution is 7.99. The molecule has 0 aliphatic carbocycles. The number of nitrogens with zero attached hydrogens (tertiary/aromatic N) is 7. The molecule has 2 aromatic heterocycles. The van der Waals surface area contributed by atoms with Crippen LogP contribution in [-0.4, -0.2) is 40.3 Å². The highest BCUT2D eigenvalue weighted by Gasteiger charge is 2.17. The van der Waals surface area contributed by atoms with Crippen LogP contribution in [0.4, 0.5) is 0 Å². The average Bonchev–Trinajstić information content (AvgIpc) is 3.31. The topological polar surface area (TPSA) is 83.4 Å². The van der Waals surface area contributed by atoms with Gasteiger partial charge in [-0.05, 0) is 46.8 Å². The van der Waals surface area contributed by atoms with Crippen LogP contribution in [0.2, 0.25) is 5.02 Å². The molecule has 0 fully saturated rings. The standard InChI is InChI=1S/C19H16ClN7OS/c1-2-12-29-18-22-21-17(26(18)15-6-4-3-5-7-15)13-25-19(28)27(24-23-25)16-10-8-14(20)9-11-16/h2-11H,1,12-13H2. The molecule has 8 nitrogen and oxygen atoms in total. The van der Waals surface area contributed by atoms with Crippen LogP contribution in [-0.2, 0) is 6.54 Å². The van der Waals surface area contributed by atoms with E-state index in [9.17, 15) is 4.79 Å². The lowest BCUT2D eigenvalue weighted by Crippen LogP contribution is -2.25. The number of aromatic nitrogens is 7. The lowest BCUT2D eigenvalue weighted by Gasteiger charge is -2.09. The van der Waals surface area contributed by atoms with Gasteiger partial charge < -0.3 is 0 Å². The zero-order chi connectivity index (χ0) is 20.2. The number of rotatable bonds is 7. The molecule has 0 radical (unpaired) electrons. The van der Waals surface area contributed by atoms with E-state index in [1.807, 2.05) is 34.9 Å². The van der Waals surface area contributed by atoms with Crippen LogP contribution in [0.25, 0.3) is 11.4 Å². The smallest absolute Gasteiger partial charge is 0.272 e. The van der Waals surface area contributed by atoms with Crippen LogP contribution < -0.4 is 5.69 Å². The molecule has 0 atom stereocenters. The lowest BCUT2D eigenvalue weighted by atomic mass is 10.3. The molecular weight excluding hydrogens is 410 g/mol. The van der Waals surface area contributed by atoms with Crippen LogP contribution in [0, 0.1) is 0 Å². The lowest BCUT2D eigenvalue weighted by molar-refractivity contribution is 0.598. The highest BCUT2D eigenvalue weighted by atomic mass is 35.5. The molecule has 0 unspecified atom stereocenters. The molecule has 0 saturated carbocycles. The first-order valence-corrected chi connectivity index (χ1v) is 10.1. The Labute approximate surface area is 175 Å². The third kappa shape index (κ3) is 4.01. The Morgan fingerprint density at radius 1 is 1.00 bits per heavy atom. The van der Waals surface area contributed by atoms with Crippen molar-refractivity contribution in [2.75, 3.05) is 5.75 Å². The quantitative estimate of drug-likeness (QED) is 0.334. The van der Waals surface area contributed by atoms with E-state index in [0.717, 1.165) is 5.69 Å². The van der Waals surface area contributed by atoms with Gasteiger partial charge in [-0.25, -0.2) is 4.79 Å². The normalized spacial score (nSPS) is 10.9. The van der Waals surface area contributed by atoms with Gasteiger partial charge in [0.1, 0.15) is 6.54 Å². The first-order valence-electron chi connectivity index (χ1n) is 8.69. The van der Waals surface area contributed by atoms with E-state index in [1.54, 1.807) is 30.3 Å². The molecule has 2 heterocycles. The maximum absolute atomic E-state index is 12.8. The molecule has 0 saturated heterocycles. The van der Waals surface area contributed by atoms with Crippen LogP contribution in [0.3, 0.4) is 0 Å². The molecule has 0 N–H and O–H groups in total. The van der Waals surface area contributed by atoms with Crippen molar-refractivity contribution in [3.8, 4) is 11.4 Å². The van der Waals surface area contributed by atoms with E-state index in [2.05, 4.69) is 27.2 Å². The number of benzene rings is 2. The molecule has 29 heavy (non-hydrogen) atoms. The van der Waals surface area contributed by atoms with Crippen molar-refractivity contribution in [2.45, 2.75) is 11.7 Å². The van der Waals surface area contributed by atoms with Gasteiger partial charge in [-0.3, -0.25) is 4.57 Å². The summed E-state index contributed by atoms with van der Waals surface area (Å²) in [6.45, 7) is 3.88. The molecule has 0 aliphatic heterocycles. The van der Waals surface area contributed by atoms with Gasteiger partial charge >= 0.3 is 5.69 Å². The van der Waals surface area contributed by atoms with Crippen molar-refractivity contribution < 1.29 is 0 Å². The summed E-state index contributed by atoms with van der Waals surface area (Å²) in [6, 6.07) is 16.5. The molecule has 0 aliphatic rings. The van der Waals surface area contributed by atoms with Gasteiger partial charge in [-0.15, -0.1) is 16.8 Å². The third-order valence-electron chi connectivity index (χ3n) is 4.05. The van der Waals surface area contributed by atoms with E-state index in [4.69, 9.17) is 11.6 Å². The predicted molar refractivity (Wildman–Crippen MR) is 112 cm³/mol. The van der Waals surface area contributed by atoms with Gasteiger partial charge in [0.15, 0.2) is 11.0 Å². The van der Waals surface area contributed by atoms with Crippen LogP contribution in [0.5, 0.6) is 0 Å². The number of thioether (sulfide) groups is 1. The van der Waals surface area contributed by atoms with Crippen molar-refractivity contribution in [1.29, 1.82) is 0 Å². The summed E-state index contributed by atoms with van der Waals surface area (Å²) >= 11 is 7.42. The molecular formula is C19H16ClN7OS. The van der Waals surface area contributed by atoms with Crippen LogP contribution >= 0.6 is 23.4 Å². The third-order valence-corrected chi connectivity index (χ3v) is 5.22. The second-order valence-electron chi connectivity index (χ2n) is 5.98. The van der Waals surface area contributed by atoms with Gasteiger partial charge in [0.05, 0.1) is 5.69 Å². The summed E-state index contributed by atoms with van der Waals surface area (Å²) in [5.74, 6) is 1.27. The van der Waals surface area contributed by atoms with Gasteiger partial charge in [0.25, 0.3) is 0 Å². The van der Waals surface area contributed by atoms with Gasteiger partial charge in [0, 0.05) is 16.5 Å². The zero-order valence-corrected chi connectivity index (χ0v) is 16.8. The SMILES string of the molecule is C=CCSc1nnc(Cn2nnn(-c3ccc(Cl)cc3)c2=O)n1-c1ccccc1. The fourth-order valence-corrected chi connectivity index (χ4v) is 3.55. The second kappa shape index (κ2) is 8.46. The van der Waals surface area contributed by atoms with Gasteiger partial charge in [0.2, 0.25) is 0 Å². The van der Waals surface area contributed by atoms with Crippen molar-refractivity contribution in [1.82, 2.24) is 34.6 Å². The predicted octanol–water partition coefficient (Wildman–Crippen LogP) is 2.99. The van der Waals surface area contributed by atoms with E-state index in [-0.39, 0.29) is 12.2 Å². The number of tetrazole rings is 1. The number of para-hydroxylation sites is 1. The summed E-state index contributed by atoms with van der Waals surface area (Å²) in [7, 11) is 0. The van der Waals surface area contributed by atoms with Crippen LogP contribution in [0.1, 0.15) is 5.82 Å². The minimum absolute atomic E-state index is 0.128. The summed E-state index contributed by atoms with van der Waals surface area (Å²) in [6.07, 6.45) is 1.80. The Hall–Kier alpha value is -3.17. The van der Waals surface area contributed by atoms with Crippen LogP contribution in [0.15, 0.2) is 77.2 Å². The molecule has 2 aromatic carbocycles. The fraction of sp³-hybridized carbons (Fsp3) is 0.105. The van der Waals surface area contributed by atoms with E-state index >= 15 is 0 Å². The molecule has 10 heteroatoms. The Morgan fingerprint density at radius 2 is 1.76 bits per heavy atom. The number of hydrogen-bond acceptors (Lipinski definition) is 6. The van der Waals surface area contributed by atoms with E-state index in [1.165, 1.54) is 21.1 Å². The summed E-state index contributed by atoms with van der Waals surface area (Å²) in [4.78, 5) is 12.8. The monoisotopic (exact) mass is 425 g/mol. The Kier molecular flexibility index (Phi) is 5.59. The number of hydrogen-bond donors (Lipinski definition) is 0. The largest absolute Gasteiger partial charge is 0.368 e. The first-order chi connectivity index (χ1) is 14.2. The Bertz CT molecular complexity index is 1180. The molecule has 146 valence electrons. The maximum atomic E-state index is 12.8. The van der Waals surface area contributed by atoms with E-state index in [0.29, 0.717) is 27.4 Å². The van der Waals surface area contributed by atoms with Crippen molar-refractivity contribution >= 4 is 23.4 Å². The average molecular weight is 426 g/mol. The maximum Gasteiger partial charge on any atom is 0.368 e. The summed E-state index contributed by atoms with van der Waals surface area (Å²) < 4.78 is 4.37. The first kappa shape index (κ1) is 19.2. The van der Waals surface area contributed by atoms with Crippen molar-refractivity contribution in [2.24, 2.45) is 0 Å². The molecule has 0 bridgehead atoms. The van der Waals surface area contributed by atoms with Crippen molar-refractivity contribution in [3.05, 3.63) is 88.6 Å². The zero-order valence-electron chi connectivity index (χ0n) is 15.2. The Morgan fingerprint density at radius 3 is 2.48 bits per heavy atom. The Balaban J connectivity index is 1.70. The van der Waals surface area contributed by atoms with Gasteiger partial charge in [-0.1, -0.05) is 47.6 Å². The van der Waals surface area contributed by atoms with Gasteiger partial charge in [-0.2, -0.15) is 9.36 Å². The van der Waals surface area contributed by atoms with E-state index < -0.39 is 0 Å². The minimum atomic E-state index is -0.379.